The highest BCUT2D eigenvalue weighted by molar-refractivity contribution is 5.98. The van der Waals surface area contributed by atoms with Crippen LogP contribution in [0.25, 0.3) is 0 Å². The molecule has 0 unspecified atom stereocenters. The number of amides is 2. The Morgan fingerprint density at radius 1 is 1.08 bits per heavy atom. The first-order valence-electron chi connectivity index (χ1n) is 7.62. The lowest BCUT2D eigenvalue weighted by molar-refractivity contribution is -0.146. The number of nitrogens with one attached hydrogen (secondary N) is 2. The van der Waals surface area contributed by atoms with Crippen molar-refractivity contribution >= 4 is 23.5 Å². The first-order chi connectivity index (χ1) is 12.5. The number of hydrogen-bond acceptors (Lipinski definition) is 5. The average molecular weight is 360 g/mol. The normalized spacial score (nSPS) is 9.92. The zero-order valence-corrected chi connectivity index (χ0v) is 14.0. The number of ether oxygens (including phenoxy) is 2. The van der Waals surface area contributed by atoms with E-state index in [1.165, 1.54) is 25.3 Å². The van der Waals surface area contributed by atoms with Crippen LogP contribution in [0, 0.1) is 5.82 Å². The summed E-state index contributed by atoms with van der Waals surface area (Å²) in [5, 5.41) is 4.76. The molecule has 0 fully saturated rings. The summed E-state index contributed by atoms with van der Waals surface area (Å²) in [7, 11) is 1.43. The number of rotatable bonds is 7. The van der Waals surface area contributed by atoms with Crippen LogP contribution in [0.5, 0.6) is 5.75 Å². The second-order valence-electron chi connectivity index (χ2n) is 5.10. The quantitative estimate of drug-likeness (QED) is 0.734. The highest BCUT2D eigenvalue weighted by atomic mass is 19.1. The highest BCUT2D eigenvalue weighted by Crippen LogP contribution is 2.16. The fourth-order valence-electron chi connectivity index (χ4n) is 2.04. The van der Waals surface area contributed by atoms with E-state index in [1.54, 1.807) is 24.3 Å². The van der Waals surface area contributed by atoms with E-state index in [4.69, 9.17) is 9.47 Å². The lowest BCUT2D eigenvalue weighted by Crippen LogP contribution is -2.32. The van der Waals surface area contributed by atoms with E-state index in [-0.39, 0.29) is 11.3 Å². The smallest absolute Gasteiger partial charge is 0.325 e. The fraction of sp³-hybridized carbons (Fsp3) is 0.167. The maximum Gasteiger partial charge on any atom is 0.325 e. The topological polar surface area (TPSA) is 93.7 Å². The van der Waals surface area contributed by atoms with Gasteiger partial charge in [-0.25, -0.2) is 4.39 Å². The molecule has 2 aromatic carbocycles. The van der Waals surface area contributed by atoms with Crippen LogP contribution in [0.3, 0.4) is 0 Å². The van der Waals surface area contributed by atoms with Gasteiger partial charge in [-0.15, -0.1) is 0 Å². The molecular formula is C18H17FN2O5. The van der Waals surface area contributed by atoms with Gasteiger partial charge in [0.1, 0.15) is 18.1 Å². The molecule has 2 amide bonds. The number of carbonyl (C=O) groups is 3. The lowest BCUT2D eigenvalue weighted by Gasteiger charge is -2.09. The van der Waals surface area contributed by atoms with E-state index in [2.05, 4.69) is 10.6 Å². The molecule has 0 aliphatic carbocycles. The average Bonchev–Trinajstić information content (AvgIpc) is 2.64. The van der Waals surface area contributed by atoms with Crippen molar-refractivity contribution in [3.63, 3.8) is 0 Å². The van der Waals surface area contributed by atoms with Gasteiger partial charge in [0.25, 0.3) is 11.8 Å². The summed E-state index contributed by atoms with van der Waals surface area (Å²) in [5.41, 5.74) is 0.516. The molecule has 2 N–H and O–H groups in total. The van der Waals surface area contributed by atoms with Crippen molar-refractivity contribution in [3.8, 4) is 5.75 Å². The number of methoxy groups -OCH3 is 1. The second-order valence-corrected chi connectivity index (χ2v) is 5.10. The van der Waals surface area contributed by atoms with E-state index in [0.29, 0.717) is 5.75 Å². The predicted molar refractivity (Wildman–Crippen MR) is 91.3 cm³/mol. The zero-order valence-electron chi connectivity index (χ0n) is 14.0. The van der Waals surface area contributed by atoms with Crippen LogP contribution in [-0.4, -0.2) is 38.0 Å². The molecule has 136 valence electrons. The molecule has 0 saturated heterocycles. The van der Waals surface area contributed by atoms with Gasteiger partial charge in [0.05, 0.1) is 12.7 Å². The third-order valence-electron chi connectivity index (χ3n) is 3.22. The fourth-order valence-corrected chi connectivity index (χ4v) is 2.04. The van der Waals surface area contributed by atoms with Gasteiger partial charge in [-0.05, 0) is 30.3 Å². The maximum absolute atomic E-state index is 13.0. The Labute approximate surface area is 149 Å². The third-order valence-corrected chi connectivity index (χ3v) is 3.22. The van der Waals surface area contributed by atoms with Crippen molar-refractivity contribution < 1.29 is 28.2 Å². The summed E-state index contributed by atoms with van der Waals surface area (Å²) in [4.78, 5) is 35.3. The molecule has 0 aliphatic heterocycles. The molecule has 0 aromatic heterocycles. The Hall–Kier alpha value is -3.42. The molecule has 0 heterocycles. The van der Waals surface area contributed by atoms with Gasteiger partial charge in [-0.1, -0.05) is 18.2 Å². The summed E-state index contributed by atoms with van der Waals surface area (Å²) >= 11 is 0. The van der Waals surface area contributed by atoms with Gasteiger partial charge in [0, 0.05) is 5.69 Å². The number of hydrogen-bond donors (Lipinski definition) is 2. The van der Waals surface area contributed by atoms with Crippen LogP contribution in [0.2, 0.25) is 0 Å². The van der Waals surface area contributed by atoms with Crippen molar-refractivity contribution in [2.24, 2.45) is 0 Å². The number of carbonyl (C=O) groups excluding carboxylic acids is 3. The molecule has 0 radical (unpaired) electrons. The molecule has 2 aromatic rings. The van der Waals surface area contributed by atoms with Crippen LogP contribution in [0.1, 0.15) is 10.4 Å². The first-order valence-corrected chi connectivity index (χ1v) is 7.62. The predicted octanol–water partition coefficient (Wildman–Crippen LogP) is 1.75. The van der Waals surface area contributed by atoms with E-state index < -0.39 is 36.8 Å². The van der Waals surface area contributed by atoms with Gasteiger partial charge in [0.15, 0.2) is 6.61 Å². The number of esters is 1. The van der Waals surface area contributed by atoms with Gasteiger partial charge in [0.2, 0.25) is 0 Å². The molecule has 0 bridgehead atoms. The Morgan fingerprint density at radius 2 is 1.85 bits per heavy atom. The highest BCUT2D eigenvalue weighted by Gasteiger charge is 2.14. The lowest BCUT2D eigenvalue weighted by atomic mass is 10.2. The van der Waals surface area contributed by atoms with Crippen molar-refractivity contribution in [1.29, 1.82) is 0 Å². The largest absolute Gasteiger partial charge is 0.496 e. The summed E-state index contributed by atoms with van der Waals surface area (Å²) < 4.78 is 22.8. The van der Waals surface area contributed by atoms with E-state index in [0.717, 1.165) is 6.07 Å². The maximum atomic E-state index is 13.0. The second kappa shape index (κ2) is 9.16. The molecule has 0 atom stereocenters. The summed E-state index contributed by atoms with van der Waals surface area (Å²) in [6.07, 6.45) is 0. The molecular weight excluding hydrogens is 343 g/mol. The molecule has 0 saturated carbocycles. The Bertz CT molecular complexity index is 810. The zero-order chi connectivity index (χ0) is 18.9. The SMILES string of the molecule is COc1ccccc1C(=O)NCC(=O)OCC(=O)Nc1cccc(F)c1. The monoisotopic (exact) mass is 360 g/mol. The Balaban J connectivity index is 1.76. The van der Waals surface area contributed by atoms with Crippen molar-refractivity contribution in [3.05, 3.63) is 59.9 Å². The summed E-state index contributed by atoms with van der Waals surface area (Å²) in [5.74, 6) is -2.06. The summed E-state index contributed by atoms with van der Waals surface area (Å²) in [6.45, 7) is -0.968. The van der Waals surface area contributed by atoms with Gasteiger partial charge in [-0.3, -0.25) is 14.4 Å². The minimum atomic E-state index is -0.789. The number of halogens is 1. The van der Waals surface area contributed by atoms with Crippen LogP contribution >= 0.6 is 0 Å². The van der Waals surface area contributed by atoms with Crippen molar-refractivity contribution in [2.75, 3.05) is 25.6 Å². The molecule has 26 heavy (non-hydrogen) atoms. The third kappa shape index (κ3) is 5.59. The minimum Gasteiger partial charge on any atom is -0.496 e. The Morgan fingerprint density at radius 3 is 2.58 bits per heavy atom. The van der Waals surface area contributed by atoms with Gasteiger partial charge >= 0.3 is 5.97 Å². The van der Waals surface area contributed by atoms with Crippen molar-refractivity contribution in [1.82, 2.24) is 5.32 Å². The van der Waals surface area contributed by atoms with Crippen LogP contribution in [-0.2, 0) is 14.3 Å². The minimum absolute atomic E-state index is 0.246. The van der Waals surface area contributed by atoms with Crippen LogP contribution in [0.15, 0.2) is 48.5 Å². The number of anilines is 1. The molecule has 8 heteroatoms. The van der Waals surface area contributed by atoms with Crippen LogP contribution < -0.4 is 15.4 Å². The molecule has 0 spiro atoms. The molecule has 7 nitrogen and oxygen atoms in total. The van der Waals surface area contributed by atoms with Crippen LogP contribution in [0.4, 0.5) is 10.1 Å². The Kier molecular flexibility index (Phi) is 6.67. The van der Waals surface area contributed by atoms with Crippen molar-refractivity contribution in [2.45, 2.75) is 0 Å². The van der Waals surface area contributed by atoms with Gasteiger partial charge < -0.3 is 20.1 Å². The van der Waals surface area contributed by atoms with E-state index in [1.807, 2.05) is 0 Å². The molecule has 0 aliphatic rings. The van der Waals surface area contributed by atoms with Gasteiger partial charge in [-0.2, -0.15) is 0 Å². The van der Waals surface area contributed by atoms with E-state index in [9.17, 15) is 18.8 Å². The number of benzene rings is 2. The summed E-state index contributed by atoms with van der Waals surface area (Å²) in [6, 6.07) is 11.8. The van der Waals surface area contributed by atoms with E-state index >= 15 is 0 Å². The first kappa shape index (κ1) is 18.9. The number of para-hydroxylation sites is 1. The standard InChI is InChI=1S/C18H17FN2O5/c1-25-15-8-3-2-7-14(15)18(24)20-10-17(23)26-11-16(22)21-13-6-4-5-12(19)9-13/h2-9H,10-11H2,1H3,(H,20,24)(H,21,22). The molecule has 2 rings (SSSR count).